The molecule has 0 aliphatic heterocycles. The van der Waals surface area contributed by atoms with E-state index in [1.165, 1.54) is 42.9 Å². The molecule has 1 fully saturated rings. The Morgan fingerprint density at radius 3 is 2.40 bits per heavy atom. The molecule has 1 aliphatic rings. The number of hydrogen-bond acceptors (Lipinski definition) is 1. The molecule has 0 amide bonds. The lowest BCUT2D eigenvalue weighted by molar-refractivity contribution is 0.376. The maximum atomic E-state index is 8.43. The van der Waals surface area contributed by atoms with Gasteiger partial charge < -0.3 is 0 Å². The van der Waals surface area contributed by atoms with Crippen LogP contribution in [0.15, 0.2) is 48.6 Å². The number of benzene rings is 1. The van der Waals surface area contributed by atoms with Crippen molar-refractivity contribution in [1.82, 2.24) is 0 Å². The largest absolute Gasteiger partial charge is 0.193 e. The molecule has 0 bridgehead atoms. The summed E-state index contributed by atoms with van der Waals surface area (Å²) in [6, 6.07) is 11.2. The van der Waals surface area contributed by atoms with E-state index in [2.05, 4.69) is 37.3 Å². The smallest absolute Gasteiger partial charge is 0.0912 e. The summed E-state index contributed by atoms with van der Waals surface area (Å²) in [7, 11) is 0. The van der Waals surface area contributed by atoms with E-state index in [1.54, 1.807) is 0 Å². The Hall–Kier alpha value is -1.81. The predicted molar refractivity (Wildman–Crippen MR) is 84.4 cm³/mol. The van der Waals surface area contributed by atoms with Crippen molar-refractivity contribution in [2.75, 3.05) is 0 Å². The van der Waals surface area contributed by atoms with Crippen LogP contribution < -0.4 is 0 Å². The molecule has 0 atom stereocenters. The monoisotopic (exact) mass is 265 g/mol. The molecule has 2 rings (SSSR count). The van der Waals surface area contributed by atoms with Gasteiger partial charge in [0, 0.05) is 6.08 Å². The van der Waals surface area contributed by atoms with Gasteiger partial charge in [0.2, 0.25) is 0 Å². The maximum absolute atomic E-state index is 8.43. The minimum absolute atomic E-state index is 0.685. The second-order valence-corrected chi connectivity index (χ2v) is 5.58. The van der Waals surface area contributed by atoms with Crippen molar-refractivity contribution in [2.24, 2.45) is 5.92 Å². The zero-order chi connectivity index (χ0) is 14.2. The molecule has 1 nitrogen and oxygen atoms in total. The van der Waals surface area contributed by atoms with Crippen LogP contribution >= 0.6 is 0 Å². The van der Waals surface area contributed by atoms with E-state index in [1.807, 2.05) is 18.2 Å². The van der Waals surface area contributed by atoms with Gasteiger partial charge in [-0.05, 0) is 55.1 Å². The van der Waals surface area contributed by atoms with E-state index in [4.69, 9.17) is 5.26 Å². The van der Waals surface area contributed by atoms with Crippen LogP contribution in [0.2, 0.25) is 0 Å². The zero-order valence-electron chi connectivity index (χ0n) is 12.3. The van der Waals surface area contributed by atoms with E-state index in [0.29, 0.717) is 5.92 Å². The molecule has 1 saturated carbocycles. The highest BCUT2D eigenvalue weighted by Crippen LogP contribution is 2.36. The number of allylic oxidation sites excluding steroid dienone is 4. The van der Waals surface area contributed by atoms with Crippen molar-refractivity contribution in [3.05, 3.63) is 59.7 Å². The standard InChI is InChI=1S/C19H23N/c1-2-16-7-11-18(12-8-16)19-13-9-17(10-14-19)6-4-3-5-15-20/h3-8,11-12,17,19H,2,9-10,13-14H2,1H3. The third-order valence-corrected chi connectivity index (χ3v) is 4.30. The summed E-state index contributed by atoms with van der Waals surface area (Å²) in [5.74, 6) is 1.42. The summed E-state index contributed by atoms with van der Waals surface area (Å²) in [5.41, 5.74) is 2.93. The van der Waals surface area contributed by atoms with E-state index >= 15 is 0 Å². The molecule has 0 saturated heterocycles. The lowest BCUT2D eigenvalue weighted by atomic mass is 9.78. The van der Waals surface area contributed by atoms with Crippen LogP contribution in [0.5, 0.6) is 0 Å². The van der Waals surface area contributed by atoms with Crippen LogP contribution in [0, 0.1) is 17.2 Å². The molecule has 0 spiro atoms. The average molecular weight is 265 g/mol. The summed E-state index contributed by atoms with van der Waals surface area (Å²) in [5, 5.41) is 8.43. The van der Waals surface area contributed by atoms with E-state index in [9.17, 15) is 0 Å². The van der Waals surface area contributed by atoms with Crippen LogP contribution in [0.3, 0.4) is 0 Å². The highest BCUT2D eigenvalue weighted by Gasteiger charge is 2.20. The highest BCUT2D eigenvalue weighted by molar-refractivity contribution is 5.26. The average Bonchev–Trinajstić information content (AvgIpc) is 2.52. The number of nitrogens with zero attached hydrogens (tertiary/aromatic N) is 1. The van der Waals surface area contributed by atoms with Crippen LogP contribution in [-0.4, -0.2) is 0 Å². The van der Waals surface area contributed by atoms with Crippen LogP contribution in [0.25, 0.3) is 0 Å². The van der Waals surface area contributed by atoms with Gasteiger partial charge in [-0.15, -0.1) is 0 Å². The fourth-order valence-corrected chi connectivity index (χ4v) is 2.99. The summed E-state index contributed by atoms with van der Waals surface area (Å²) in [6.45, 7) is 2.20. The van der Waals surface area contributed by atoms with Gasteiger partial charge in [-0.1, -0.05) is 49.4 Å². The van der Waals surface area contributed by atoms with Gasteiger partial charge in [0.1, 0.15) is 0 Å². The summed E-state index contributed by atoms with van der Waals surface area (Å²) < 4.78 is 0. The molecular formula is C19H23N. The zero-order valence-corrected chi connectivity index (χ0v) is 12.3. The number of rotatable bonds is 4. The van der Waals surface area contributed by atoms with Gasteiger partial charge in [0.05, 0.1) is 6.07 Å². The first-order valence-corrected chi connectivity index (χ1v) is 7.65. The topological polar surface area (TPSA) is 23.8 Å². The maximum Gasteiger partial charge on any atom is 0.0912 e. The molecule has 104 valence electrons. The number of aryl methyl sites for hydroxylation is 1. The summed E-state index contributed by atoms with van der Waals surface area (Å²) in [4.78, 5) is 0. The Kier molecular flexibility index (Phi) is 5.62. The van der Waals surface area contributed by atoms with E-state index in [0.717, 1.165) is 12.3 Å². The van der Waals surface area contributed by atoms with Gasteiger partial charge in [-0.25, -0.2) is 0 Å². The SMILES string of the molecule is CCc1ccc(C2CCC(C=CC=CC#N)CC2)cc1. The molecule has 0 radical (unpaired) electrons. The lowest BCUT2D eigenvalue weighted by Crippen LogP contribution is -2.11. The van der Waals surface area contributed by atoms with E-state index in [-0.39, 0.29) is 0 Å². The normalized spacial score (nSPS) is 23.2. The third kappa shape index (κ3) is 4.10. The quantitative estimate of drug-likeness (QED) is 0.545. The molecule has 0 N–H and O–H groups in total. The lowest BCUT2D eigenvalue weighted by Gasteiger charge is -2.27. The molecule has 20 heavy (non-hydrogen) atoms. The first-order valence-electron chi connectivity index (χ1n) is 7.65. The van der Waals surface area contributed by atoms with Gasteiger partial charge >= 0.3 is 0 Å². The summed E-state index contributed by atoms with van der Waals surface area (Å²) >= 11 is 0. The Morgan fingerprint density at radius 2 is 1.80 bits per heavy atom. The van der Waals surface area contributed by atoms with Gasteiger partial charge in [-0.3, -0.25) is 0 Å². The van der Waals surface area contributed by atoms with Crippen molar-refractivity contribution in [1.29, 1.82) is 5.26 Å². The Bertz CT molecular complexity index is 494. The second kappa shape index (κ2) is 7.70. The molecule has 0 heterocycles. The van der Waals surface area contributed by atoms with Crippen LogP contribution in [0.1, 0.15) is 49.7 Å². The molecule has 0 unspecified atom stereocenters. The molecular weight excluding hydrogens is 242 g/mol. The summed E-state index contributed by atoms with van der Waals surface area (Å²) in [6.07, 6.45) is 13.8. The minimum Gasteiger partial charge on any atom is -0.193 e. The Balaban J connectivity index is 1.86. The number of hydrogen-bond donors (Lipinski definition) is 0. The van der Waals surface area contributed by atoms with Gasteiger partial charge in [0.25, 0.3) is 0 Å². The number of nitriles is 1. The van der Waals surface area contributed by atoms with E-state index < -0.39 is 0 Å². The van der Waals surface area contributed by atoms with Crippen molar-refractivity contribution in [2.45, 2.75) is 44.9 Å². The van der Waals surface area contributed by atoms with Crippen LogP contribution in [-0.2, 0) is 6.42 Å². The Morgan fingerprint density at radius 1 is 1.10 bits per heavy atom. The highest BCUT2D eigenvalue weighted by atomic mass is 14.3. The second-order valence-electron chi connectivity index (χ2n) is 5.58. The van der Waals surface area contributed by atoms with Crippen molar-refractivity contribution >= 4 is 0 Å². The fraction of sp³-hybridized carbons (Fsp3) is 0.421. The van der Waals surface area contributed by atoms with Crippen molar-refractivity contribution in [3.8, 4) is 6.07 Å². The van der Waals surface area contributed by atoms with Crippen LogP contribution in [0.4, 0.5) is 0 Å². The molecule has 1 aliphatic carbocycles. The predicted octanol–water partition coefficient (Wildman–Crippen LogP) is 5.16. The van der Waals surface area contributed by atoms with Gasteiger partial charge in [-0.2, -0.15) is 5.26 Å². The van der Waals surface area contributed by atoms with Crippen molar-refractivity contribution in [3.63, 3.8) is 0 Å². The Labute approximate surface area is 122 Å². The molecule has 1 aromatic rings. The molecule has 0 aromatic heterocycles. The molecule has 1 heteroatoms. The van der Waals surface area contributed by atoms with Gasteiger partial charge in [0.15, 0.2) is 0 Å². The first kappa shape index (κ1) is 14.6. The molecule has 1 aromatic carbocycles. The third-order valence-electron chi connectivity index (χ3n) is 4.30. The first-order chi connectivity index (χ1) is 9.83. The fourth-order valence-electron chi connectivity index (χ4n) is 2.99. The van der Waals surface area contributed by atoms with Crippen molar-refractivity contribution < 1.29 is 0 Å². The minimum atomic E-state index is 0.685.